The van der Waals surface area contributed by atoms with Gasteiger partial charge in [0.1, 0.15) is 23.1 Å². The molecule has 0 fully saturated rings. The summed E-state index contributed by atoms with van der Waals surface area (Å²) >= 11 is 1.00. The maximum Gasteiger partial charge on any atom is 0.342 e. The minimum atomic E-state index is -1.03. The highest BCUT2D eigenvalue weighted by Crippen LogP contribution is 2.26. The molecule has 3 aromatic rings. The van der Waals surface area contributed by atoms with Crippen molar-refractivity contribution in [1.82, 2.24) is 15.2 Å². The summed E-state index contributed by atoms with van der Waals surface area (Å²) in [5.74, 6) is 0.333. The molecule has 1 heterocycles. The van der Waals surface area contributed by atoms with Crippen LogP contribution in [-0.4, -0.2) is 26.3 Å². The number of aliphatic carboxylic acids is 1. The number of aromatic amines is 1. The summed E-state index contributed by atoms with van der Waals surface area (Å²) in [5.41, 5.74) is 1.84. The third-order valence-corrected chi connectivity index (χ3v) is 4.29. The second-order valence-electron chi connectivity index (χ2n) is 5.46. The molecule has 7 heteroatoms. The van der Waals surface area contributed by atoms with Crippen LogP contribution < -0.4 is 4.74 Å². The number of nitrogens with one attached hydrogen (secondary N) is 1. The van der Waals surface area contributed by atoms with Crippen LogP contribution in [0, 0.1) is 6.92 Å². The van der Waals surface area contributed by atoms with E-state index in [1.54, 1.807) is 13.0 Å². The number of carbonyl (C=O) groups is 1. The van der Waals surface area contributed by atoms with Crippen molar-refractivity contribution >= 4 is 23.8 Å². The Bertz CT molecular complexity index is 905. The molecule has 2 aromatic carbocycles. The fourth-order valence-corrected chi connectivity index (χ4v) is 2.91. The molecule has 0 spiro atoms. The number of H-pyrrole nitrogens is 1. The van der Waals surface area contributed by atoms with Crippen molar-refractivity contribution in [3.05, 3.63) is 76.5 Å². The smallest absolute Gasteiger partial charge is 0.342 e. The maximum atomic E-state index is 11.5. The summed E-state index contributed by atoms with van der Waals surface area (Å²) in [6, 6.07) is 17.1. The van der Waals surface area contributed by atoms with Crippen molar-refractivity contribution < 1.29 is 14.6 Å². The summed E-state index contributed by atoms with van der Waals surface area (Å²) in [6.45, 7) is 2.24. The molecule has 0 unspecified atom stereocenters. The molecule has 2 N–H and O–H groups in total. The first kappa shape index (κ1) is 17.8. The standard InChI is InChI=1S/C19H17N3O3S/c1-13-20-19(22-21-13)26-17(18(23)24)11-14-7-9-16(10-8-14)25-12-15-5-3-2-4-6-15/h2-11H,12H2,1H3,(H,23,24)(H,20,21,22)/b17-11+. The van der Waals surface area contributed by atoms with Crippen LogP contribution >= 0.6 is 11.8 Å². The van der Waals surface area contributed by atoms with Gasteiger partial charge >= 0.3 is 5.97 Å². The minimum absolute atomic E-state index is 0.141. The van der Waals surface area contributed by atoms with Crippen molar-refractivity contribution in [2.75, 3.05) is 0 Å². The third kappa shape index (κ3) is 4.97. The number of rotatable bonds is 7. The lowest BCUT2D eigenvalue weighted by atomic mass is 10.2. The average molecular weight is 367 g/mol. The number of nitrogens with zero attached hydrogens (tertiary/aromatic N) is 2. The molecule has 0 radical (unpaired) electrons. The first-order chi connectivity index (χ1) is 12.6. The van der Waals surface area contributed by atoms with Crippen LogP contribution in [0.1, 0.15) is 17.0 Å². The van der Waals surface area contributed by atoms with E-state index in [1.165, 1.54) is 0 Å². The van der Waals surface area contributed by atoms with Gasteiger partial charge in [-0.2, -0.15) is 0 Å². The molecule has 0 aliphatic heterocycles. The van der Waals surface area contributed by atoms with Crippen LogP contribution in [0.4, 0.5) is 0 Å². The summed E-state index contributed by atoms with van der Waals surface area (Å²) in [4.78, 5) is 15.7. The van der Waals surface area contributed by atoms with E-state index < -0.39 is 5.97 Å². The molecule has 1 aromatic heterocycles. The first-order valence-electron chi connectivity index (χ1n) is 7.89. The van der Waals surface area contributed by atoms with E-state index in [1.807, 2.05) is 54.6 Å². The highest BCUT2D eigenvalue weighted by molar-refractivity contribution is 8.04. The van der Waals surface area contributed by atoms with Crippen molar-refractivity contribution in [3.8, 4) is 5.75 Å². The van der Waals surface area contributed by atoms with E-state index >= 15 is 0 Å². The Morgan fingerprint density at radius 3 is 2.54 bits per heavy atom. The Hall–Kier alpha value is -3.06. The van der Waals surface area contributed by atoms with E-state index in [-0.39, 0.29) is 4.91 Å². The molecule has 0 atom stereocenters. The Morgan fingerprint density at radius 1 is 1.19 bits per heavy atom. The van der Waals surface area contributed by atoms with Gasteiger partial charge in [0.15, 0.2) is 0 Å². The van der Waals surface area contributed by atoms with Crippen LogP contribution in [0.5, 0.6) is 5.75 Å². The predicted molar refractivity (Wildman–Crippen MR) is 99.8 cm³/mol. The van der Waals surface area contributed by atoms with Gasteiger partial charge in [0.05, 0.1) is 0 Å². The lowest BCUT2D eigenvalue weighted by Crippen LogP contribution is -1.97. The number of carboxylic acid groups (broad SMARTS) is 1. The van der Waals surface area contributed by atoms with Crippen LogP contribution in [0.2, 0.25) is 0 Å². The number of thioether (sulfide) groups is 1. The van der Waals surface area contributed by atoms with Gasteiger partial charge in [0, 0.05) is 0 Å². The lowest BCUT2D eigenvalue weighted by Gasteiger charge is -2.06. The molecule has 0 aliphatic carbocycles. The van der Waals surface area contributed by atoms with E-state index in [2.05, 4.69) is 15.2 Å². The normalized spacial score (nSPS) is 11.3. The van der Waals surface area contributed by atoms with Crippen molar-refractivity contribution in [3.63, 3.8) is 0 Å². The van der Waals surface area contributed by atoms with Crippen molar-refractivity contribution in [2.45, 2.75) is 18.7 Å². The molecule has 132 valence electrons. The van der Waals surface area contributed by atoms with Crippen molar-refractivity contribution in [2.24, 2.45) is 0 Å². The quantitative estimate of drug-likeness (QED) is 0.486. The second kappa shape index (κ2) is 8.35. The molecule has 6 nitrogen and oxygen atoms in total. The highest BCUT2D eigenvalue weighted by atomic mass is 32.2. The maximum absolute atomic E-state index is 11.5. The number of hydrogen-bond donors (Lipinski definition) is 2. The zero-order valence-corrected chi connectivity index (χ0v) is 14.9. The number of ether oxygens (including phenoxy) is 1. The Morgan fingerprint density at radius 2 is 1.92 bits per heavy atom. The second-order valence-corrected chi connectivity index (χ2v) is 6.47. The van der Waals surface area contributed by atoms with Gasteiger partial charge in [-0.05, 0) is 48.0 Å². The van der Waals surface area contributed by atoms with Crippen LogP contribution in [-0.2, 0) is 11.4 Å². The van der Waals surface area contributed by atoms with Gasteiger partial charge in [-0.1, -0.05) is 42.5 Å². The number of aryl methyl sites for hydroxylation is 1. The molecule has 26 heavy (non-hydrogen) atoms. The summed E-state index contributed by atoms with van der Waals surface area (Å²) < 4.78 is 5.73. The summed E-state index contributed by atoms with van der Waals surface area (Å²) in [7, 11) is 0. The molecule has 0 bridgehead atoms. The van der Waals surface area contributed by atoms with Crippen LogP contribution in [0.3, 0.4) is 0 Å². The Balaban J connectivity index is 1.67. The summed E-state index contributed by atoms with van der Waals surface area (Å²) in [6.07, 6.45) is 1.58. The van der Waals surface area contributed by atoms with Gasteiger partial charge in [0.25, 0.3) is 0 Å². The number of carboxylic acids is 1. The number of aromatic nitrogens is 3. The van der Waals surface area contributed by atoms with Gasteiger partial charge in [-0.15, -0.1) is 5.10 Å². The largest absolute Gasteiger partial charge is 0.489 e. The molecular weight excluding hydrogens is 350 g/mol. The number of hydrogen-bond acceptors (Lipinski definition) is 5. The summed E-state index contributed by atoms with van der Waals surface area (Å²) in [5, 5.41) is 16.4. The van der Waals surface area contributed by atoms with E-state index in [0.29, 0.717) is 17.6 Å². The lowest BCUT2D eigenvalue weighted by molar-refractivity contribution is -0.131. The Labute approximate surface area is 154 Å². The number of benzene rings is 2. The Kier molecular flexibility index (Phi) is 5.70. The zero-order chi connectivity index (χ0) is 18.4. The topological polar surface area (TPSA) is 88.1 Å². The predicted octanol–water partition coefficient (Wildman–Crippen LogP) is 3.91. The van der Waals surface area contributed by atoms with Gasteiger partial charge in [-0.3, -0.25) is 5.10 Å². The molecule has 3 rings (SSSR count). The first-order valence-corrected chi connectivity index (χ1v) is 8.70. The van der Waals surface area contributed by atoms with Gasteiger partial charge in [0.2, 0.25) is 5.16 Å². The van der Waals surface area contributed by atoms with Crippen LogP contribution in [0.25, 0.3) is 6.08 Å². The van der Waals surface area contributed by atoms with E-state index in [0.717, 1.165) is 28.6 Å². The SMILES string of the molecule is Cc1nc(S/C(=C/c2ccc(OCc3ccccc3)cc2)C(=O)O)n[nH]1. The van der Waals surface area contributed by atoms with E-state index in [9.17, 15) is 9.90 Å². The van der Waals surface area contributed by atoms with Crippen molar-refractivity contribution in [1.29, 1.82) is 0 Å². The molecule has 0 saturated heterocycles. The fraction of sp³-hybridized carbons (Fsp3) is 0.105. The average Bonchev–Trinajstić information content (AvgIpc) is 3.06. The minimum Gasteiger partial charge on any atom is -0.489 e. The molecule has 0 amide bonds. The monoisotopic (exact) mass is 367 g/mol. The third-order valence-electron chi connectivity index (χ3n) is 3.41. The molecule has 0 saturated carbocycles. The van der Waals surface area contributed by atoms with Gasteiger partial charge < -0.3 is 9.84 Å². The molecule has 0 aliphatic rings. The zero-order valence-electron chi connectivity index (χ0n) is 14.0. The molecular formula is C19H17N3O3S. The highest BCUT2D eigenvalue weighted by Gasteiger charge is 2.13. The van der Waals surface area contributed by atoms with Gasteiger partial charge in [-0.25, -0.2) is 9.78 Å². The fourth-order valence-electron chi connectivity index (χ4n) is 2.15. The van der Waals surface area contributed by atoms with E-state index in [4.69, 9.17) is 4.74 Å². The van der Waals surface area contributed by atoms with Crippen LogP contribution in [0.15, 0.2) is 64.7 Å².